The van der Waals surface area contributed by atoms with E-state index in [9.17, 15) is 8.42 Å². The van der Waals surface area contributed by atoms with Gasteiger partial charge in [0.15, 0.2) is 0 Å². The number of hydrogen-bond donors (Lipinski definition) is 0. The molecule has 1 fully saturated rings. The molecule has 106 valence electrons. The van der Waals surface area contributed by atoms with Gasteiger partial charge in [0.1, 0.15) is 5.75 Å². The molecule has 0 N–H and O–H groups in total. The Morgan fingerprint density at radius 3 is 2.11 bits per heavy atom. The van der Waals surface area contributed by atoms with E-state index in [4.69, 9.17) is 4.74 Å². The third-order valence-electron chi connectivity index (χ3n) is 3.75. The topological polar surface area (TPSA) is 46.6 Å². The van der Waals surface area contributed by atoms with E-state index in [1.807, 2.05) is 13.8 Å². The van der Waals surface area contributed by atoms with Crippen LogP contribution in [0.5, 0.6) is 5.75 Å². The van der Waals surface area contributed by atoms with Gasteiger partial charge in [-0.15, -0.1) is 0 Å². The zero-order valence-corrected chi connectivity index (χ0v) is 12.5. The molecule has 19 heavy (non-hydrogen) atoms. The smallest absolute Gasteiger partial charge is 0.243 e. The lowest BCUT2D eigenvalue weighted by atomic mass is 10.0. The normalized spacial score (nSPS) is 25.2. The van der Waals surface area contributed by atoms with Gasteiger partial charge in [0.25, 0.3) is 0 Å². The van der Waals surface area contributed by atoms with E-state index in [1.165, 1.54) is 0 Å². The third kappa shape index (κ3) is 2.77. The van der Waals surface area contributed by atoms with Crippen molar-refractivity contribution in [3.8, 4) is 5.75 Å². The Morgan fingerprint density at radius 2 is 1.63 bits per heavy atom. The Hall–Kier alpha value is -1.07. The molecule has 0 radical (unpaired) electrons. The number of rotatable bonds is 3. The maximum absolute atomic E-state index is 12.7. The second-order valence-corrected chi connectivity index (χ2v) is 6.98. The molecule has 1 heterocycles. The fraction of sp³-hybridized carbons (Fsp3) is 0.571. The van der Waals surface area contributed by atoms with Gasteiger partial charge in [-0.1, -0.05) is 6.42 Å². The highest BCUT2D eigenvalue weighted by Crippen LogP contribution is 2.30. The van der Waals surface area contributed by atoms with Crippen LogP contribution in [0.1, 0.15) is 33.1 Å². The molecule has 1 aromatic rings. The van der Waals surface area contributed by atoms with Crippen molar-refractivity contribution in [3.05, 3.63) is 24.3 Å². The molecule has 1 aliphatic rings. The fourth-order valence-corrected chi connectivity index (χ4v) is 4.62. The van der Waals surface area contributed by atoms with Gasteiger partial charge in [-0.25, -0.2) is 8.42 Å². The summed E-state index contributed by atoms with van der Waals surface area (Å²) in [6, 6.07) is 6.73. The van der Waals surface area contributed by atoms with Crippen LogP contribution in [0, 0.1) is 0 Å². The lowest BCUT2D eigenvalue weighted by Crippen LogP contribution is -2.47. The molecular formula is C14H21NO3S. The Labute approximate surface area is 115 Å². The summed E-state index contributed by atoms with van der Waals surface area (Å²) in [7, 11) is -1.84. The van der Waals surface area contributed by atoms with Gasteiger partial charge in [-0.05, 0) is 51.0 Å². The quantitative estimate of drug-likeness (QED) is 0.856. The number of ether oxygens (including phenoxy) is 1. The highest BCUT2D eigenvalue weighted by Gasteiger charge is 2.35. The van der Waals surface area contributed by atoms with Crippen molar-refractivity contribution < 1.29 is 13.2 Å². The van der Waals surface area contributed by atoms with Crippen molar-refractivity contribution in [2.75, 3.05) is 7.11 Å². The van der Waals surface area contributed by atoms with Gasteiger partial charge in [0.05, 0.1) is 12.0 Å². The van der Waals surface area contributed by atoms with E-state index in [1.54, 1.807) is 35.7 Å². The lowest BCUT2D eigenvalue weighted by Gasteiger charge is -2.37. The number of sulfonamides is 1. The maximum Gasteiger partial charge on any atom is 0.243 e. The SMILES string of the molecule is COc1ccc(S(=O)(=O)N2[C@@H](C)CCC[C@@H]2C)cc1. The molecule has 0 spiro atoms. The van der Waals surface area contributed by atoms with Crippen LogP contribution in [0.4, 0.5) is 0 Å². The van der Waals surface area contributed by atoms with Crippen LogP contribution in [-0.4, -0.2) is 31.9 Å². The molecule has 4 nitrogen and oxygen atoms in total. The minimum absolute atomic E-state index is 0.0656. The first kappa shape index (κ1) is 14.3. The average Bonchev–Trinajstić information content (AvgIpc) is 2.38. The summed E-state index contributed by atoms with van der Waals surface area (Å²) in [5, 5.41) is 0. The standard InChI is InChI=1S/C14H21NO3S/c1-11-5-4-6-12(2)15(11)19(16,17)14-9-7-13(18-3)8-10-14/h7-12H,4-6H2,1-3H3/t11-,12-/m0/s1. The summed E-state index contributed by atoms with van der Waals surface area (Å²) < 4.78 is 32.1. The first-order valence-corrected chi connectivity index (χ1v) is 8.08. The van der Waals surface area contributed by atoms with E-state index in [2.05, 4.69) is 0 Å². The summed E-state index contributed by atoms with van der Waals surface area (Å²) in [5.74, 6) is 0.665. The first-order chi connectivity index (χ1) is 8.96. The molecule has 0 saturated carbocycles. The zero-order chi connectivity index (χ0) is 14.0. The van der Waals surface area contributed by atoms with Crippen molar-refractivity contribution in [2.45, 2.75) is 50.1 Å². The average molecular weight is 283 g/mol. The van der Waals surface area contributed by atoms with Crippen molar-refractivity contribution in [3.63, 3.8) is 0 Å². The van der Waals surface area contributed by atoms with E-state index >= 15 is 0 Å². The molecule has 0 bridgehead atoms. The molecule has 1 saturated heterocycles. The molecular weight excluding hydrogens is 262 g/mol. The maximum atomic E-state index is 12.7. The highest BCUT2D eigenvalue weighted by atomic mass is 32.2. The minimum Gasteiger partial charge on any atom is -0.497 e. The first-order valence-electron chi connectivity index (χ1n) is 6.64. The van der Waals surface area contributed by atoms with Crippen LogP contribution in [0.2, 0.25) is 0 Å². The summed E-state index contributed by atoms with van der Waals surface area (Å²) in [6.07, 6.45) is 2.95. The van der Waals surface area contributed by atoms with Gasteiger partial charge >= 0.3 is 0 Å². The third-order valence-corrected chi connectivity index (χ3v) is 5.89. The van der Waals surface area contributed by atoms with Crippen LogP contribution in [0.3, 0.4) is 0 Å². The van der Waals surface area contributed by atoms with E-state index in [0.717, 1.165) is 19.3 Å². The van der Waals surface area contributed by atoms with Crippen LogP contribution in [0.15, 0.2) is 29.2 Å². The minimum atomic E-state index is -3.41. The van der Waals surface area contributed by atoms with Gasteiger partial charge in [0, 0.05) is 12.1 Å². The van der Waals surface area contributed by atoms with E-state index < -0.39 is 10.0 Å². The highest BCUT2D eigenvalue weighted by molar-refractivity contribution is 7.89. The van der Waals surface area contributed by atoms with Crippen molar-refractivity contribution in [1.82, 2.24) is 4.31 Å². The monoisotopic (exact) mass is 283 g/mol. The van der Waals surface area contributed by atoms with Crippen molar-refractivity contribution in [2.24, 2.45) is 0 Å². The largest absolute Gasteiger partial charge is 0.497 e. The molecule has 0 aromatic heterocycles. The molecule has 2 rings (SSSR count). The van der Waals surface area contributed by atoms with Crippen LogP contribution in [0.25, 0.3) is 0 Å². The van der Waals surface area contributed by atoms with Gasteiger partial charge in [-0.3, -0.25) is 0 Å². The number of hydrogen-bond acceptors (Lipinski definition) is 3. The Morgan fingerprint density at radius 1 is 1.11 bits per heavy atom. The van der Waals surface area contributed by atoms with E-state index in [0.29, 0.717) is 10.6 Å². The molecule has 0 aliphatic carbocycles. The summed E-state index contributed by atoms with van der Waals surface area (Å²) in [6.45, 7) is 3.97. The molecule has 0 amide bonds. The molecule has 0 unspecified atom stereocenters. The number of benzene rings is 1. The summed E-state index contributed by atoms with van der Waals surface area (Å²) in [4.78, 5) is 0.342. The Kier molecular flexibility index (Phi) is 4.16. The van der Waals surface area contributed by atoms with Crippen molar-refractivity contribution >= 4 is 10.0 Å². The summed E-state index contributed by atoms with van der Waals surface area (Å²) in [5.41, 5.74) is 0. The number of nitrogens with zero attached hydrogens (tertiary/aromatic N) is 1. The van der Waals surface area contributed by atoms with Gasteiger partial charge < -0.3 is 4.74 Å². The number of piperidine rings is 1. The second-order valence-electron chi connectivity index (χ2n) is 5.14. The predicted octanol–water partition coefficient (Wildman–Crippen LogP) is 2.65. The van der Waals surface area contributed by atoms with Crippen LogP contribution < -0.4 is 4.74 Å². The zero-order valence-electron chi connectivity index (χ0n) is 11.7. The van der Waals surface area contributed by atoms with Gasteiger partial charge in [0.2, 0.25) is 10.0 Å². The molecule has 2 atom stereocenters. The van der Waals surface area contributed by atoms with Gasteiger partial charge in [-0.2, -0.15) is 4.31 Å². The van der Waals surface area contributed by atoms with E-state index in [-0.39, 0.29) is 12.1 Å². The second kappa shape index (κ2) is 5.51. The predicted molar refractivity (Wildman–Crippen MR) is 74.8 cm³/mol. The fourth-order valence-electron chi connectivity index (χ4n) is 2.74. The summed E-state index contributed by atoms with van der Waals surface area (Å²) >= 11 is 0. The van der Waals surface area contributed by atoms with Crippen LogP contribution in [-0.2, 0) is 10.0 Å². The molecule has 5 heteroatoms. The lowest BCUT2D eigenvalue weighted by molar-refractivity contribution is 0.204. The van der Waals surface area contributed by atoms with Crippen molar-refractivity contribution in [1.29, 1.82) is 0 Å². The Balaban J connectivity index is 2.34. The number of methoxy groups -OCH3 is 1. The molecule has 1 aliphatic heterocycles. The Bertz CT molecular complexity index is 514. The van der Waals surface area contributed by atoms with Crippen LogP contribution >= 0.6 is 0 Å². The molecule has 1 aromatic carbocycles.